The Balaban J connectivity index is 2.54. The van der Waals surface area contributed by atoms with E-state index in [0.717, 1.165) is 17.8 Å². The molecule has 2 N–H and O–H groups in total. The summed E-state index contributed by atoms with van der Waals surface area (Å²) in [4.78, 5) is 3.52. The minimum atomic E-state index is -4.49. The van der Waals surface area contributed by atoms with Gasteiger partial charge in [0.25, 0.3) is 0 Å². The zero-order valence-electron chi connectivity index (χ0n) is 16.6. The van der Waals surface area contributed by atoms with Crippen molar-refractivity contribution in [1.82, 2.24) is 10.3 Å². The molecule has 0 aliphatic heterocycles. The van der Waals surface area contributed by atoms with E-state index >= 15 is 0 Å². The highest BCUT2D eigenvalue weighted by Crippen LogP contribution is 2.38. The standard InChI is InChI=1S/C21H27F3N2O/c1-19(2,3)15-9-14(12-26-20(4,5)6)18(27)16(10-15)13-7-8-17(25-11-13)21(22,23)24/h7-11,26-27H,12H2,1-6H3. The number of aromatic nitrogens is 1. The zero-order valence-corrected chi connectivity index (χ0v) is 16.6. The molecule has 0 atom stereocenters. The van der Waals surface area contributed by atoms with Gasteiger partial charge in [0.1, 0.15) is 11.4 Å². The smallest absolute Gasteiger partial charge is 0.433 e. The Bertz CT molecular complexity index is 798. The van der Waals surface area contributed by atoms with Crippen molar-refractivity contribution in [3.63, 3.8) is 0 Å². The lowest BCUT2D eigenvalue weighted by molar-refractivity contribution is -0.141. The highest BCUT2D eigenvalue weighted by Gasteiger charge is 2.32. The van der Waals surface area contributed by atoms with Crippen LogP contribution >= 0.6 is 0 Å². The third-order valence-electron chi connectivity index (χ3n) is 4.23. The number of halogens is 3. The summed E-state index contributed by atoms with van der Waals surface area (Å²) < 4.78 is 38.3. The highest BCUT2D eigenvalue weighted by molar-refractivity contribution is 5.72. The highest BCUT2D eigenvalue weighted by atomic mass is 19.4. The number of phenols is 1. The number of alkyl halides is 3. The second-order valence-corrected chi connectivity index (χ2v) is 8.81. The largest absolute Gasteiger partial charge is 0.507 e. The summed E-state index contributed by atoms with van der Waals surface area (Å²) >= 11 is 0. The fourth-order valence-corrected chi connectivity index (χ4v) is 2.56. The van der Waals surface area contributed by atoms with Crippen LogP contribution in [-0.2, 0) is 18.1 Å². The molecule has 6 heteroatoms. The fraction of sp³-hybridized carbons (Fsp3) is 0.476. The first kappa shape index (κ1) is 21.2. The molecule has 0 aliphatic carbocycles. The van der Waals surface area contributed by atoms with Crippen LogP contribution in [0.25, 0.3) is 11.1 Å². The van der Waals surface area contributed by atoms with Crippen LogP contribution in [0.15, 0.2) is 30.5 Å². The first-order valence-electron chi connectivity index (χ1n) is 8.83. The lowest BCUT2D eigenvalue weighted by Crippen LogP contribution is -2.35. The second kappa shape index (κ2) is 7.15. The number of benzene rings is 1. The molecule has 0 saturated heterocycles. The molecule has 27 heavy (non-hydrogen) atoms. The summed E-state index contributed by atoms with van der Waals surface area (Å²) in [5.74, 6) is 0.0568. The van der Waals surface area contributed by atoms with Gasteiger partial charge >= 0.3 is 6.18 Å². The van der Waals surface area contributed by atoms with Gasteiger partial charge in [-0.15, -0.1) is 0 Å². The predicted octanol–water partition coefficient (Wildman–Crippen LogP) is 5.66. The minimum absolute atomic E-state index is 0.0568. The molecule has 1 heterocycles. The average Bonchev–Trinajstić information content (AvgIpc) is 2.51. The van der Waals surface area contributed by atoms with Crippen LogP contribution in [0.5, 0.6) is 5.75 Å². The average molecular weight is 380 g/mol. The normalized spacial score (nSPS) is 13.1. The first-order chi connectivity index (χ1) is 12.2. The molecular formula is C21H27F3N2O. The molecule has 1 aromatic heterocycles. The van der Waals surface area contributed by atoms with E-state index in [1.54, 1.807) is 0 Å². The van der Waals surface area contributed by atoms with Gasteiger partial charge in [0, 0.05) is 35.0 Å². The third-order valence-corrected chi connectivity index (χ3v) is 4.23. The van der Waals surface area contributed by atoms with Gasteiger partial charge in [0.15, 0.2) is 0 Å². The fourth-order valence-electron chi connectivity index (χ4n) is 2.56. The molecule has 0 amide bonds. The lowest BCUT2D eigenvalue weighted by Gasteiger charge is -2.25. The number of pyridine rings is 1. The zero-order chi connectivity index (χ0) is 20.6. The van der Waals surface area contributed by atoms with Crippen molar-refractivity contribution in [2.75, 3.05) is 0 Å². The van der Waals surface area contributed by atoms with Gasteiger partial charge in [-0.05, 0) is 43.9 Å². The van der Waals surface area contributed by atoms with E-state index < -0.39 is 11.9 Å². The molecule has 2 rings (SSSR count). The number of aromatic hydroxyl groups is 1. The van der Waals surface area contributed by atoms with Crippen LogP contribution in [0.1, 0.15) is 58.4 Å². The van der Waals surface area contributed by atoms with Crippen molar-refractivity contribution in [3.05, 3.63) is 47.3 Å². The number of rotatable bonds is 3. The summed E-state index contributed by atoms with van der Waals surface area (Å²) in [7, 11) is 0. The van der Waals surface area contributed by atoms with Crippen LogP contribution in [0.2, 0.25) is 0 Å². The summed E-state index contributed by atoms with van der Waals surface area (Å²) in [5, 5.41) is 14.1. The molecular weight excluding hydrogens is 353 g/mol. The number of hydrogen-bond acceptors (Lipinski definition) is 3. The Morgan fingerprint density at radius 1 is 1.00 bits per heavy atom. The third kappa shape index (κ3) is 5.45. The summed E-state index contributed by atoms with van der Waals surface area (Å²) in [6.07, 6.45) is -3.33. The second-order valence-electron chi connectivity index (χ2n) is 8.81. The van der Waals surface area contributed by atoms with E-state index in [9.17, 15) is 18.3 Å². The van der Waals surface area contributed by atoms with E-state index in [0.29, 0.717) is 23.2 Å². The first-order valence-corrected chi connectivity index (χ1v) is 8.83. The molecule has 0 saturated carbocycles. The Labute approximate surface area is 158 Å². The van der Waals surface area contributed by atoms with Gasteiger partial charge in [-0.25, -0.2) is 0 Å². The van der Waals surface area contributed by atoms with Crippen molar-refractivity contribution in [3.8, 4) is 16.9 Å². The summed E-state index contributed by atoms with van der Waals surface area (Å²) in [6.45, 7) is 12.7. The van der Waals surface area contributed by atoms with Crippen molar-refractivity contribution in [1.29, 1.82) is 0 Å². The SMILES string of the molecule is CC(C)(C)NCc1cc(C(C)(C)C)cc(-c2ccc(C(F)(F)F)nc2)c1O. The van der Waals surface area contributed by atoms with Crippen LogP contribution < -0.4 is 5.32 Å². The van der Waals surface area contributed by atoms with Crippen LogP contribution in [-0.4, -0.2) is 15.6 Å². The van der Waals surface area contributed by atoms with Gasteiger partial charge in [-0.1, -0.05) is 32.9 Å². The van der Waals surface area contributed by atoms with Gasteiger partial charge in [-0.2, -0.15) is 13.2 Å². The lowest BCUT2D eigenvalue weighted by atomic mass is 9.83. The molecule has 2 aromatic rings. The Morgan fingerprint density at radius 3 is 2.07 bits per heavy atom. The monoisotopic (exact) mass is 380 g/mol. The van der Waals surface area contributed by atoms with Crippen molar-refractivity contribution in [2.45, 2.75) is 65.2 Å². The number of nitrogens with zero attached hydrogens (tertiary/aromatic N) is 1. The van der Waals surface area contributed by atoms with Crippen molar-refractivity contribution in [2.24, 2.45) is 0 Å². The van der Waals surface area contributed by atoms with Crippen molar-refractivity contribution >= 4 is 0 Å². The molecule has 0 spiro atoms. The molecule has 0 aliphatic rings. The molecule has 3 nitrogen and oxygen atoms in total. The van der Waals surface area contributed by atoms with Gasteiger partial charge in [0.05, 0.1) is 0 Å². The minimum Gasteiger partial charge on any atom is -0.507 e. The van der Waals surface area contributed by atoms with Crippen LogP contribution in [0.3, 0.4) is 0 Å². The Morgan fingerprint density at radius 2 is 1.63 bits per heavy atom. The Hall–Kier alpha value is -2.08. The number of hydrogen-bond donors (Lipinski definition) is 2. The molecule has 0 radical (unpaired) electrons. The maximum atomic E-state index is 12.8. The topological polar surface area (TPSA) is 45.2 Å². The van der Waals surface area contributed by atoms with E-state index in [1.165, 1.54) is 6.07 Å². The van der Waals surface area contributed by atoms with E-state index in [4.69, 9.17) is 0 Å². The number of nitrogens with one attached hydrogen (secondary N) is 1. The molecule has 148 valence electrons. The quantitative estimate of drug-likeness (QED) is 0.722. The van der Waals surface area contributed by atoms with E-state index in [-0.39, 0.29) is 16.7 Å². The van der Waals surface area contributed by atoms with Gasteiger partial charge in [0.2, 0.25) is 0 Å². The summed E-state index contributed by atoms with van der Waals surface area (Å²) in [6, 6.07) is 6.04. The summed E-state index contributed by atoms with van der Waals surface area (Å²) in [5.41, 5.74) is 1.34. The van der Waals surface area contributed by atoms with Gasteiger partial charge in [-0.3, -0.25) is 4.98 Å². The maximum absolute atomic E-state index is 12.8. The molecule has 0 bridgehead atoms. The molecule has 0 fully saturated rings. The maximum Gasteiger partial charge on any atom is 0.433 e. The molecule has 0 unspecified atom stereocenters. The Kier molecular flexibility index (Phi) is 5.62. The van der Waals surface area contributed by atoms with Crippen molar-refractivity contribution < 1.29 is 18.3 Å². The predicted molar refractivity (Wildman–Crippen MR) is 102 cm³/mol. The van der Waals surface area contributed by atoms with Gasteiger partial charge < -0.3 is 10.4 Å². The van der Waals surface area contributed by atoms with E-state index in [1.807, 2.05) is 32.9 Å². The van der Waals surface area contributed by atoms with Crippen LogP contribution in [0, 0.1) is 0 Å². The van der Waals surface area contributed by atoms with Crippen LogP contribution in [0.4, 0.5) is 13.2 Å². The van der Waals surface area contributed by atoms with E-state index in [2.05, 4.69) is 31.1 Å². The molecule has 1 aromatic carbocycles. The number of phenolic OH excluding ortho intramolecular Hbond substituents is 1.